The number of hydrogen-bond acceptors (Lipinski definition) is 0. The van der Waals surface area contributed by atoms with Crippen molar-refractivity contribution in [3.8, 4) is 0 Å². The van der Waals surface area contributed by atoms with Crippen molar-refractivity contribution in [1.29, 1.82) is 0 Å². The summed E-state index contributed by atoms with van der Waals surface area (Å²) in [6, 6.07) is 10.3. The summed E-state index contributed by atoms with van der Waals surface area (Å²) in [4.78, 5) is 0. The third-order valence-electron chi connectivity index (χ3n) is 8.56. The first-order valence-corrected chi connectivity index (χ1v) is 13.0. The molecule has 0 radical (unpaired) electrons. The molecule has 2 saturated carbocycles. The zero-order valence-corrected chi connectivity index (χ0v) is 19.6. The van der Waals surface area contributed by atoms with Gasteiger partial charge >= 0.3 is 0 Å². The van der Waals surface area contributed by atoms with Crippen LogP contribution in [0.4, 0.5) is 4.39 Å². The maximum absolute atomic E-state index is 15.1. The molecule has 31 heavy (non-hydrogen) atoms. The average Bonchev–Trinajstić information content (AvgIpc) is 2.83. The number of hydrogen-bond donors (Lipinski definition) is 0. The monoisotopic (exact) mass is 420 g/mol. The van der Waals surface area contributed by atoms with E-state index in [-0.39, 0.29) is 5.82 Å². The van der Waals surface area contributed by atoms with Crippen LogP contribution in [-0.2, 0) is 12.8 Å². The van der Waals surface area contributed by atoms with Crippen LogP contribution in [0.2, 0.25) is 0 Å². The minimum absolute atomic E-state index is 0.0158. The van der Waals surface area contributed by atoms with E-state index in [1.165, 1.54) is 69.8 Å². The van der Waals surface area contributed by atoms with Crippen LogP contribution in [-0.4, -0.2) is 0 Å². The molecule has 4 rings (SSSR count). The smallest absolute Gasteiger partial charge is 0.134 e. The fourth-order valence-corrected chi connectivity index (χ4v) is 6.41. The van der Waals surface area contributed by atoms with Crippen molar-refractivity contribution in [2.24, 2.45) is 23.7 Å². The van der Waals surface area contributed by atoms with E-state index in [2.05, 4.69) is 37.8 Å². The Morgan fingerprint density at radius 2 is 1.52 bits per heavy atom. The van der Waals surface area contributed by atoms with Gasteiger partial charge in [-0.15, -0.1) is 6.58 Å². The molecule has 0 heterocycles. The number of halogens is 1. The van der Waals surface area contributed by atoms with Gasteiger partial charge in [-0.3, -0.25) is 0 Å². The summed E-state index contributed by atoms with van der Waals surface area (Å²) in [5.74, 6) is 3.70. The van der Waals surface area contributed by atoms with Crippen molar-refractivity contribution in [2.75, 3.05) is 0 Å². The molecule has 1 heteroatoms. The zero-order chi connectivity index (χ0) is 21.6. The van der Waals surface area contributed by atoms with E-state index in [4.69, 9.17) is 0 Å². The minimum atomic E-state index is 0.0158. The van der Waals surface area contributed by atoms with Gasteiger partial charge in [-0.2, -0.15) is 0 Å². The van der Waals surface area contributed by atoms with Gasteiger partial charge < -0.3 is 0 Å². The van der Waals surface area contributed by atoms with Crippen LogP contribution >= 0.6 is 0 Å². The second kappa shape index (κ2) is 10.8. The second-order valence-electron chi connectivity index (χ2n) is 10.4. The van der Waals surface area contributed by atoms with Gasteiger partial charge in [-0.25, -0.2) is 4.39 Å². The van der Waals surface area contributed by atoms with Crippen LogP contribution in [0.25, 0.3) is 10.8 Å². The number of benzene rings is 2. The summed E-state index contributed by atoms with van der Waals surface area (Å²) in [6.07, 6.45) is 19.0. The van der Waals surface area contributed by atoms with Gasteiger partial charge in [0.1, 0.15) is 5.82 Å². The number of fused-ring (bicyclic) bond motifs is 1. The molecule has 0 atom stereocenters. The highest BCUT2D eigenvalue weighted by atomic mass is 19.1. The summed E-state index contributed by atoms with van der Waals surface area (Å²) < 4.78 is 15.1. The lowest BCUT2D eigenvalue weighted by atomic mass is 9.68. The maximum atomic E-state index is 15.1. The van der Waals surface area contributed by atoms with E-state index >= 15 is 4.39 Å². The number of allylic oxidation sites excluding steroid dienone is 1. The number of rotatable bonds is 8. The van der Waals surface area contributed by atoms with Gasteiger partial charge in [-0.05, 0) is 98.0 Å². The normalized spacial score (nSPS) is 26.8. The van der Waals surface area contributed by atoms with E-state index in [9.17, 15) is 0 Å². The Labute approximate surface area is 189 Å². The highest BCUT2D eigenvalue weighted by molar-refractivity contribution is 5.84. The van der Waals surface area contributed by atoms with Gasteiger partial charge in [0.05, 0.1) is 0 Å². The first kappa shape index (κ1) is 22.6. The Morgan fingerprint density at radius 3 is 2.13 bits per heavy atom. The molecular weight excluding hydrogens is 379 g/mol. The largest absolute Gasteiger partial charge is 0.206 e. The molecule has 0 saturated heterocycles. The van der Waals surface area contributed by atoms with Gasteiger partial charge in [0.2, 0.25) is 0 Å². The standard InChI is InChI=1S/C30H41F/c1-3-5-6-23-7-13-25(14-8-23)26-15-9-24(10-16-26)11-17-27-18-19-28-21-22(4-2)12-20-29(28)30(27)31/h3,12,18-21,23-26H,1,4-11,13-17H2,2H3. The fourth-order valence-electron chi connectivity index (χ4n) is 6.41. The van der Waals surface area contributed by atoms with Crippen LogP contribution in [0.5, 0.6) is 0 Å². The molecule has 0 unspecified atom stereocenters. The Bertz CT molecular complexity index is 850. The summed E-state index contributed by atoms with van der Waals surface area (Å²) in [6.45, 7) is 6.03. The molecule has 2 aliphatic carbocycles. The van der Waals surface area contributed by atoms with Crippen molar-refractivity contribution < 1.29 is 4.39 Å². The molecule has 2 aromatic carbocycles. The average molecular weight is 421 g/mol. The number of aryl methyl sites for hydroxylation is 2. The van der Waals surface area contributed by atoms with Crippen molar-refractivity contribution in [3.05, 3.63) is 59.9 Å². The van der Waals surface area contributed by atoms with Crippen LogP contribution < -0.4 is 0 Å². The van der Waals surface area contributed by atoms with Crippen LogP contribution in [0.15, 0.2) is 43.0 Å². The fraction of sp³-hybridized carbons (Fsp3) is 0.600. The molecule has 0 amide bonds. The topological polar surface area (TPSA) is 0 Å². The molecule has 0 aromatic heterocycles. The SMILES string of the molecule is C=CCCC1CCC(C2CCC(CCc3ccc4cc(CC)ccc4c3F)CC2)CC1. The third-order valence-corrected chi connectivity index (χ3v) is 8.56. The van der Waals surface area contributed by atoms with Crippen LogP contribution in [0.1, 0.15) is 88.7 Å². The van der Waals surface area contributed by atoms with Gasteiger partial charge in [0.15, 0.2) is 0 Å². The molecule has 0 spiro atoms. The predicted molar refractivity (Wildman–Crippen MR) is 132 cm³/mol. The summed E-state index contributed by atoms with van der Waals surface area (Å²) in [5.41, 5.74) is 2.19. The van der Waals surface area contributed by atoms with Gasteiger partial charge in [0, 0.05) is 5.39 Å². The molecule has 2 aromatic rings. The maximum Gasteiger partial charge on any atom is 0.134 e. The Hall–Kier alpha value is -1.63. The highest BCUT2D eigenvalue weighted by Gasteiger charge is 2.30. The molecule has 168 valence electrons. The Balaban J connectivity index is 1.24. The van der Waals surface area contributed by atoms with Crippen molar-refractivity contribution in [2.45, 2.75) is 90.4 Å². The zero-order valence-electron chi connectivity index (χ0n) is 19.6. The molecule has 0 aliphatic heterocycles. The third kappa shape index (κ3) is 5.60. The molecule has 0 N–H and O–H groups in total. The highest BCUT2D eigenvalue weighted by Crippen LogP contribution is 2.43. The lowest BCUT2D eigenvalue weighted by Crippen LogP contribution is -2.26. The summed E-state index contributed by atoms with van der Waals surface area (Å²) in [5, 5.41) is 1.84. The lowest BCUT2D eigenvalue weighted by molar-refractivity contribution is 0.141. The minimum Gasteiger partial charge on any atom is -0.206 e. The van der Waals surface area contributed by atoms with Crippen molar-refractivity contribution >= 4 is 10.8 Å². The quantitative estimate of drug-likeness (QED) is 0.374. The molecular formula is C30H41F. The van der Waals surface area contributed by atoms with E-state index < -0.39 is 0 Å². The van der Waals surface area contributed by atoms with E-state index in [1.54, 1.807) is 0 Å². The second-order valence-corrected chi connectivity index (χ2v) is 10.4. The lowest BCUT2D eigenvalue weighted by Gasteiger charge is -2.38. The van der Waals surface area contributed by atoms with E-state index in [0.29, 0.717) is 0 Å². The molecule has 2 aliphatic rings. The van der Waals surface area contributed by atoms with Crippen LogP contribution in [0, 0.1) is 29.5 Å². The van der Waals surface area contributed by atoms with Crippen molar-refractivity contribution in [3.63, 3.8) is 0 Å². The van der Waals surface area contributed by atoms with Gasteiger partial charge in [-0.1, -0.05) is 69.0 Å². The molecule has 0 bridgehead atoms. The predicted octanol–water partition coefficient (Wildman–Crippen LogP) is 9.05. The van der Waals surface area contributed by atoms with E-state index in [1.807, 2.05) is 12.1 Å². The summed E-state index contributed by atoms with van der Waals surface area (Å²) in [7, 11) is 0. The van der Waals surface area contributed by atoms with E-state index in [0.717, 1.165) is 59.3 Å². The Kier molecular flexibility index (Phi) is 7.86. The molecule has 0 nitrogen and oxygen atoms in total. The summed E-state index contributed by atoms with van der Waals surface area (Å²) >= 11 is 0. The van der Waals surface area contributed by atoms with Crippen LogP contribution in [0.3, 0.4) is 0 Å². The first-order valence-electron chi connectivity index (χ1n) is 13.0. The van der Waals surface area contributed by atoms with Crippen molar-refractivity contribution in [1.82, 2.24) is 0 Å². The molecule has 2 fully saturated rings. The van der Waals surface area contributed by atoms with Gasteiger partial charge in [0.25, 0.3) is 0 Å². The first-order chi connectivity index (χ1) is 15.2. The Morgan fingerprint density at radius 1 is 0.871 bits per heavy atom.